The van der Waals surface area contributed by atoms with E-state index in [1.807, 2.05) is 55.5 Å². The smallest absolute Gasteiger partial charge is 0.264 e. The van der Waals surface area contributed by atoms with Crippen LogP contribution in [-0.2, 0) is 21.2 Å². The molecule has 1 aliphatic heterocycles. The van der Waals surface area contributed by atoms with Crippen molar-refractivity contribution >= 4 is 38.1 Å². The first-order valence-electron chi connectivity index (χ1n) is 11.5. The molecule has 7 heteroatoms. The van der Waals surface area contributed by atoms with Crippen LogP contribution in [0.1, 0.15) is 17.5 Å². The van der Waals surface area contributed by atoms with E-state index in [0.717, 1.165) is 28.3 Å². The van der Waals surface area contributed by atoms with Crippen LogP contribution in [0.15, 0.2) is 89.8 Å². The molecular weight excluding hydrogens is 460 g/mol. The third-order valence-electron chi connectivity index (χ3n) is 6.14. The van der Waals surface area contributed by atoms with Crippen LogP contribution < -0.4 is 14.4 Å². The van der Waals surface area contributed by atoms with Gasteiger partial charge in [-0.2, -0.15) is 0 Å². The van der Waals surface area contributed by atoms with Gasteiger partial charge in [0.25, 0.3) is 15.9 Å². The van der Waals surface area contributed by atoms with Gasteiger partial charge in [0.1, 0.15) is 5.75 Å². The minimum atomic E-state index is -3.66. The van der Waals surface area contributed by atoms with E-state index in [0.29, 0.717) is 30.1 Å². The van der Waals surface area contributed by atoms with E-state index in [1.54, 1.807) is 36.4 Å². The summed E-state index contributed by atoms with van der Waals surface area (Å²) in [5.74, 6) is 0.347. The zero-order valence-electron chi connectivity index (χ0n) is 19.4. The molecule has 1 aliphatic rings. The first-order valence-corrected chi connectivity index (χ1v) is 13.0. The number of fused-ring (bicyclic) bond motifs is 2. The number of nitrogens with zero attached hydrogens (tertiary/aromatic N) is 1. The van der Waals surface area contributed by atoms with E-state index in [1.165, 1.54) is 4.31 Å². The molecule has 1 amide bonds. The van der Waals surface area contributed by atoms with Crippen LogP contribution in [0, 0.1) is 6.92 Å². The molecule has 4 aromatic carbocycles. The number of hydrogen-bond acceptors (Lipinski definition) is 4. The molecule has 178 valence electrons. The lowest BCUT2D eigenvalue weighted by atomic mass is 10.0. The molecule has 0 radical (unpaired) electrons. The van der Waals surface area contributed by atoms with Gasteiger partial charge in [-0.1, -0.05) is 48.0 Å². The molecule has 0 saturated carbocycles. The standard InChI is InChI=1S/C28H26N2O4S/c1-20-8-13-26(14-9-20)35(32,33)30-16-4-7-23-17-24(11-15-27(23)30)29-28(31)19-34-25-12-10-21-5-2-3-6-22(21)18-25/h2-3,5-6,8-15,17-18H,4,7,16,19H2,1H3,(H,29,31). The second kappa shape index (κ2) is 9.43. The number of anilines is 2. The van der Waals surface area contributed by atoms with Crippen molar-refractivity contribution < 1.29 is 17.9 Å². The monoisotopic (exact) mass is 486 g/mol. The van der Waals surface area contributed by atoms with E-state index < -0.39 is 10.0 Å². The molecule has 0 atom stereocenters. The summed E-state index contributed by atoms with van der Waals surface area (Å²) in [5, 5.41) is 5.01. The molecular formula is C28H26N2O4S. The van der Waals surface area contributed by atoms with Gasteiger partial charge in [0.2, 0.25) is 0 Å². The van der Waals surface area contributed by atoms with Gasteiger partial charge in [0.05, 0.1) is 10.6 Å². The number of hydrogen-bond donors (Lipinski definition) is 1. The van der Waals surface area contributed by atoms with Gasteiger partial charge in [-0.3, -0.25) is 9.10 Å². The van der Waals surface area contributed by atoms with E-state index in [-0.39, 0.29) is 17.4 Å². The third-order valence-corrected chi connectivity index (χ3v) is 7.97. The van der Waals surface area contributed by atoms with Crippen molar-refractivity contribution in [1.82, 2.24) is 0 Å². The van der Waals surface area contributed by atoms with Gasteiger partial charge >= 0.3 is 0 Å². The second-order valence-corrected chi connectivity index (χ2v) is 10.5. The van der Waals surface area contributed by atoms with Crippen LogP contribution >= 0.6 is 0 Å². The van der Waals surface area contributed by atoms with Gasteiger partial charge in [-0.05, 0) is 78.6 Å². The Kier molecular flexibility index (Phi) is 6.17. The molecule has 1 N–H and O–H groups in total. The van der Waals surface area contributed by atoms with Crippen molar-refractivity contribution in [2.75, 3.05) is 22.8 Å². The minimum absolute atomic E-state index is 0.122. The Morgan fingerprint density at radius 2 is 1.71 bits per heavy atom. The first kappa shape index (κ1) is 22.9. The van der Waals surface area contributed by atoms with E-state index in [2.05, 4.69) is 5.32 Å². The Morgan fingerprint density at radius 3 is 2.51 bits per heavy atom. The average molecular weight is 487 g/mol. The predicted octanol–water partition coefficient (Wildman–Crippen LogP) is 5.31. The number of nitrogens with one attached hydrogen (secondary N) is 1. The number of benzene rings is 4. The van der Waals surface area contributed by atoms with Crippen molar-refractivity contribution in [2.24, 2.45) is 0 Å². The van der Waals surface area contributed by atoms with Crippen LogP contribution in [0.4, 0.5) is 11.4 Å². The fraction of sp³-hybridized carbons (Fsp3) is 0.179. The Morgan fingerprint density at radius 1 is 0.943 bits per heavy atom. The number of amides is 1. The summed E-state index contributed by atoms with van der Waals surface area (Å²) in [5.41, 5.74) is 3.17. The van der Waals surface area contributed by atoms with Gasteiger partial charge < -0.3 is 10.1 Å². The zero-order valence-corrected chi connectivity index (χ0v) is 20.2. The Balaban J connectivity index is 1.28. The maximum Gasteiger partial charge on any atom is 0.264 e. The lowest BCUT2D eigenvalue weighted by Gasteiger charge is -2.31. The fourth-order valence-electron chi connectivity index (χ4n) is 4.33. The Hall–Kier alpha value is -3.84. The summed E-state index contributed by atoms with van der Waals surface area (Å²) >= 11 is 0. The average Bonchev–Trinajstić information content (AvgIpc) is 2.87. The van der Waals surface area contributed by atoms with Gasteiger partial charge in [0, 0.05) is 12.2 Å². The number of carbonyl (C=O) groups is 1. The maximum atomic E-state index is 13.3. The van der Waals surface area contributed by atoms with E-state index in [9.17, 15) is 13.2 Å². The van der Waals surface area contributed by atoms with Crippen LogP contribution in [0.2, 0.25) is 0 Å². The number of ether oxygens (including phenoxy) is 1. The van der Waals surface area contributed by atoms with Crippen molar-refractivity contribution in [3.63, 3.8) is 0 Å². The largest absolute Gasteiger partial charge is 0.484 e. The molecule has 35 heavy (non-hydrogen) atoms. The summed E-state index contributed by atoms with van der Waals surface area (Å²) in [4.78, 5) is 12.8. The van der Waals surface area contributed by atoms with Crippen LogP contribution in [0.25, 0.3) is 10.8 Å². The van der Waals surface area contributed by atoms with Crippen molar-refractivity contribution in [3.8, 4) is 5.75 Å². The molecule has 6 nitrogen and oxygen atoms in total. The molecule has 1 heterocycles. The second-order valence-electron chi connectivity index (χ2n) is 8.68. The Labute approximate surface area is 205 Å². The van der Waals surface area contributed by atoms with Crippen LogP contribution in [0.3, 0.4) is 0 Å². The highest BCUT2D eigenvalue weighted by Crippen LogP contribution is 2.34. The van der Waals surface area contributed by atoms with Crippen LogP contribution in [0.5, 0.6) is 5.75 Å². The van der Waals surface area contributed by atoms with Crippen molar-refractivity contribution in [2.45, 2.75) is 24.7 Å². The molecule has 0 fully saturated rings. The molecule has 0 bridgehead atoms. The number of rotatable bonds is 6. The molecule has 0 aromatic heterocycles. The Bertz CT molecular complexity index is 1500. The SMILES string of the molecule is Cc1ccc(S(=O)(=O)N2CCCc3cc(NC(=O)COc4ccc5ccccc5c4)ccc32)cc1. The number of aryl methyl sites for hydroxylation is 2. The minimum Gasteiger partial charge on any atom is -0.484 e. The zero-order chi connectivity index (χ0) is 24.4. The lowest BCUT2D eigenvalue weighted by Crippen LogP contribution is -2.35. The first-order chi connectivity index (χ1) is 16.9. The summed E-state index contributed by atoms with van der Waals surface area (Å²) in [6, 6.07) is 25.9. The topological polar surface area (TPSA) is 75.7 Å². The highest BCUT2D eigenvalue weighted by atomic mass is 32.2. The molecule has 0 unspecified atom stereocenters. The van der Waals surface area contributed by atoms with Gasteiger partial charge in [-0.15, -0.1) is 0 Å². The lowest BCUT2D eigenvalue weighted by molar-refractivity contribution is -0.118. The summed E-state index contributed by atoms with van der Waals surface area (Å²) < 4.78 is 33.7. The van der Waals surface area contributed by atoms with E-state index >= 15 is 0 Å². The highest BCUT2D eigenvalue weighted by Gasteiger charge is 2.29. The summed E-state index contributed by atoms with van der Waals surface area (Å²) in [7, 11) is -3.66. The summed E-state index contributed by atoms with van der Waals surface area (Å²) in [6.07, 6.45) is 1.45. The number of sulfonamides is 1. The quantitative estimate of drug-likeness (QED) is 0.401. The van der Waals surface area contributed by atoms with Crippen LogP contribution in [-0.4, -0.2) is 27.5 Å². The summed E-state index contributed by atoms with van der Waals surface area (Å²) in [6.45, 7) is 2.23. The molecule has 0 aliphatic carbocycles. The normalized spacial score (nSPS) is 13.3. The third kappa shape index (κ3) is 4.86. The van der Waals surface area contributed by atoms with Gasteiger partial charge in [0.15, 0.2) is 6.61 Å². The molecule has 0 spiro atoms. The molecule has 4 aromatic rings. The molecule has 0 saturated heterocycles. The van der Waals surface area contributed by atoms with E-state index in [4.69, 9.17) is 4.74 Å². The van der Waals surface area contributed by atoms with Gasteiger partial charge in [-0.25, -0.2) is 8.42 Å². The van der Waals surface area contributed by atoms with Crippen molar-refractivity contribution in [1.29, 1.82) is 0 Å². The van der Waals surface area contributed by atoms with Crippen molar-refractivity contribution in [3.05, 3.63) is 96.1 Å². The maximum absolute atomic E-state index is 13.3. The fourth-order valence-corrected chi connectivity index (χ4v) is 5.87. The molecule has 5 rings (SSSR count). The predicted molar refractivity (Wildman–Crippen MR) is 139 cm³/mol. The highest BCUT2D eigenvalue weighted by molar-refractivity contribution is 7.92. The number of carbonyl (C=O) groups excluding carboxylic acids is 1.